The van der Waals surface area contributed by atoms with E-state index in [1.54, 1.807) is 18.2 Å². The highest BCUT2D eigenvalue weighted by molar-refractivity contribution is 7.12. The molecule has 2 aliphatic rings. The normalized spacial score (nSPS) is 16.3. The summed E-state index contributed by atoms with van der Waals surface area (Å²) in [7, 11) is 0. The quantitative estimate of drug-likeness (QED) is 0.688. The van der Waals surface area contributed by atoms with Crippen LogP contribution >= 0.6 is 23.7 Å². The minimum Gasteiger partial charge on any atom is -0.486 e. The van der Waals surface area contributed by atoms with Gasteiger partial charge in [0.25, 0.3) is 5.91 Å². The lowest BCUT2D eigenvalue weighted by Crippen LogP contribution is -2.48. The van der Waals surface area contributed by atoms with Gasteiger partial charge in [-0.05, 0) is 30.5 Å². The second-order valence-corrected chi connectivity index (χ2v) is 7.62. The average Bonchev–Trinajstić information content (AvgIpc) is 3.15. The molecule has 2 aliphatic heterocycles. The maximum atomic E-state index is 12.7. The number of halogens is 1. The van der Waals surface area contributed by atoms with Crippen molar-refractivity contribution in [2.45, 2.75) is 6.92 Å². The fourth-order valence-electron chi connectivity index (χ4n) is 3.01. The summed E-state index contributed by atoms with van der Waals surface area (Å²) in [4.78, 5) is 25.7. The van der Waals surface area contributed by atoms with Crippen LogP contribution in [0.4, 0.5) is 11.4 Å². The van der Waals surface area contributed by atoms with Gasteiger partial charge in [-0.3, -0.25) is 9.59 Å². The molecule has 1 aromatic heterocycles. The van der Waals surface area contributed by atoms with Crippen LogP contribution in [-0.2, 0) is 4.79 Å². The molecule has 0 aliphatic carbocycles. The Morgan fingerprint density at radius 3 is 2.32 bits per heavy atom. The number of anilines is 2. The van der Waals surface area contributed by atoms with Gasteiger partial charge in [-0.1, -0.05) is 13.0 Å². The SMILES string of the molecule is CC(C(=O)Nc1cc2c(cc1NC(=O)c1cccs1)OCCO2)C1CNC1.Cl. The first-order valence-electron chi connectivity index (χ1n) is 8.92. The van der Waals surface area contributed by atoms with E-state index in [9.17, 15) is 9.59 Å². The molecule has 7 nitrogen and oxygen atoms in total. The standard InChI is InChI=1S/C19H21N3O4S.ClH/c1-11(12-9-20-10-12)18(23)21-13-7-15-16(26-5-4-25-15)8-14(13)22-19(24)17-3-2-6-27-17;/h2-3,6-8,11-12,20H,4-5,9-10H2,1H3,(H,21,23)(H,22,24);1H. The van der Waals surface area contributed by atoms with Crippen LogP contribution in [-0.4, -0.2) is 38.1 Å². The van der Waals surface area contributed by atoms with E-state index in [0.717, 1.165) is 13.1 Å². The molecule has 3 N–H and O–H groups in total. The summed E-state index contributed by atoms with van der Waals surface area (Å²) in [5.41, 5.74) is 0.998. The molecule has 1 atom stereocenters. The maximum absolute atomic E-state index is 12.7. The van der Waals surface area contributed by atoms with Gasteiger partial charge in [0, 0.05) is 18.1 Å². The summed E-state index contributed by atoms with van der Waals surface area (Å²) < 4.78 is 11.2. The molecule has 9 heteroatoms. The number of amides is 2. The molecule has 3 heterocycles. The molecule has 0 saturated carbocycles. The van der Waals surface area contributed by atoms with Gasteiger partial charge in [-0.15, -0.1) is 23.7 Å². The maximum Gasteiger partial charge on any atom is 0.265 e. The molecule has 1 fully saturated rings. The van der Waals surface area contributed by atoms with E-state index in [1.165, 1.54) is 11.3 Å². The van der Waals surface area contributed by atoms with E-state index in [1.807, 2.05) is 18.4 Å². The molecule has 0 radical (unpaired) electrons. The molecule has 1 saturated heterocycles. The summed E-state index contributed by atoms with van der Waals surface area (Å²) in [5.74, 6) is 1.01. The highest BCUT2D eigenvalue weighted by Gasteiger charge is 2.29. The number of rotatable bonds is 5. The summed E-state index contributed by atoms with van der Waals surface area (Å²) in [6.45, 7) is 4.51. The van der Waals surface area contributed by atoms with Crippen molar-refractivity contribution < 1.29 is 19.1 Å². The largest absolute Gasteiger partial charge is 0.486 e. The Labute approximate surface area is 173 Å². The highest BCUT2D eigenvalue weighted by atomic mass is 35.5. The summed E-state index contributed by atoms with van der Waals surface area (Å²) in [6, 6.07) is 6.98. The molecule has 28 heavy (non-hydrogen) atoms. The Hall–Kier alpha value is -2.29. The number of benzene rings is 1. The van der Waals surface area contributed by atoms with Crippen molar-refractivity contribution in [2.75, 3.05) is 36.9 Å². The molecule has 2 aromatic rings. The fourth-order valence-corrected chi connectivity index (χ4v) is 3.63. The van der Waals surface area contributed by atoms with Gasteiger partial charge in [0.2, 0.25) is 5.91 Å². The summed E-state index contributed by atoms with van der Waals surface area (Å²) in [6.07, 6.45) is 0. The molecule has 2 amide bonds. The van der Waals surface area contributed by atoms with Crippen LogP contribution in [0.15, 0.2) is 29.6 Å². The molecule has 150 valence electrons. The third kappa shape index (κ3) is 4.24. The van der Waals surface area contributed by atoms with Gasteiger partial charge in [-0.25, -0.2) is 0 Å². The molecule has 1 unspecified atom stereocenters. The Kier molecular flexibility index (Phi) is 6.43. The van der Waals surface area contributed by atoms with Gasteiger partial charge >= 0.3 is 0 Å². The van der Waals surface area contributed by atoms with Crippen LogP contribution in [0, 0.1) is 11.8 Å². The molecule has 1 aromatic carbocycles. The van der Waals surface area contributed by atoms with Crippen molar-refractivity contribution >= 4 is 46.9 Å². The van der Waals surface area contributed by atoms with Crippen LogP contribution < -0.4 is 25.4 Å². The first-order valence-corrected chi connectivity index (χ1v) is 9.80. The third-order valence-electron chi connectivity index (χ3n) is 4.87. The number of thiophene rings is 1. The molecular formula is C19H22ClN3O4S. The number of hydrogen-bond donors (Lipinski definition) is 3. The second kappa shape index (κ2) is 8.81. The van der Waals surface area contributed by atoms with E-state index in [4.69, 9.17) is 9.47 Å². The molecule has 4 rings (SSSR count). The van der Waals surface area contributed by atoms with Crippen molar-refractivity contribution in [3.63, 3.8) is 0 Å². The summed E-state index contributed by atoms with van der Waals surface area (Å²) in [5, 5.41) is 10.8. The first-order chi connectivity index (χ1) is 13.1. The van der Waals surface area contributed by atoms with Crippen LogP contribution in [0.5, 0.6) is 11.5 Å². The van der Waals surface area contributed by atoms with E-state index < -0.39 is 0 Å². The van der Waals surface area contributed by atoms with Gasteiger partial charge in [-0.2, -0.15) is 0 Å². The van der Waals surface area contributed by atoms with Crippen molar-refractivity contribution in [3.8, 4) is 11.5 Å². The van der Waals surface area contributed by atoms with Gasteiger partial charge in [0.15, 0.2) is 11.5 Å². The topological polar surface area (TPSA) is 88.7 Å². The Balaban J connectivity index is 0.00000225. The smallest absolute Gasteiger partial charge is 0.265 e. The Bertz CT molecular complexity index is 855. The second-order valence-electron chi connectivity index (χ2n) is 6.67. The Morgan fingerprint density at radius 2 is 1.79 bits per heavy atom. The van der Waals surface area contributed by atoms with Gasteiger partial charge in [0.1, 0.15) is 13.2 Å². The Morgan fingerprint density at radius 1 is 1.14 bits per heavy atom. The number of nitrogens with one attached hydrogen (secondary N) is 3. The predicted octanol–water partition coefficient (Wildman–Crippen LogP) is 2.99. The number of carbonyl (C=O) groups is 2. The number of fused-ring (bicyclic) bond motifs is 1. The lowest BCUT2D eigenvalue weighted by atomic mass is 9.88. The zero-order chi connectivity index (χ0) is 18.8. The predicted molar refractivity (Wildman–Crippen MR) is 111 cm³/mol. The van der Waals surface area contributed by atoms with Gasteiger partial charge in [0.05, 0.1) is 16.3 Å². The lowest BCUT2D eigenvalue weighted by Gasteiger charge is -2.32. The third-order valence-corrected chi connectivity index (χ3v) is 5.74. The van der Waals surface area contributed by atoms with Crippen LogP contribution in [0.2, 0.25) is 0 Å². The van der Waals surface area contributed by atoms with Gasteiger partial charge < -0.3 is 25.4 Å². The summed E-state index contributed by atoms with van der Waals surface area (Å²) >= 11 is 1.36. The molecular weight excluding hydrogens is 402 g/mol. The highest BCUT2D eigenvalue weighted by Crippen LogP contribution is 2.39. The van der Waals surface area contributed by atoms with E-state index in [0.29, 0.717) is 46.9 Å². The molecule has 0 spiro atoms. The average molecular weight is 424 g/mol. The number of ether oxygens (including phenoxy) is 2. The van der Waals surface area contributed by atoms with Crippen LogP contribution in [0.1, 0.15) is 16.6 Å². The zero-order valence-corrected chi connectivity index (χ0v) is 17.0. The minimum absolute atomic E-state index is 0. The lowest BCUT2D eigenvalue weighted by molar-refractivity contribution is -0.121. The monoisotopic (exact) mass is 423 g/mol. The van der Waals surface area contributed by atoms with E-state index in [-0.39, 0.29) is 30.1 Å². The van der Waals surface area contributed by atoms with E-state index >= 15 is 0 Å². The van der Waals surface area contributed by atoms with Crippen molar-refractivity contribution in [2.24, 2.45) is 11.8 Å². The van der Waals surface area contributed by atoms with Crippen LogP contribution in [0.3, 0.4) is 0 Å². The van der Waals surface area contributed by atoms with Crippen molar-refractivity contribution in [3.05, 3.63) is 34.5 Å². The van der Waals surface area contributed by atoms with E-state index in [2.05, 4.69) is 16.0 Å². The fraction of sp³-hybridized carbons (Fsp3) is 0.368. The zero-order valence-electron chi connectivity index (χ0n) is 15.3. The van der Waals surface area contributed by atoms with Crippen molar-refractivity contribution in [1.82, 2.24) is 5.32 Å². The first kappa shape index (κ1) is 20.4. The molecule has 0 bridgehead atoms. The van der Waals surface area contributed by atoms with Crippen molar-refractivity contribution in [1.29, 1.82) is 0 Å². The number of hydrogen-bond acceptors (Lipinski definition) is 6. The van der Waals surface area contributed by atoms with Crippen LogP contribution in [0.25, 0.3) is 0 Å². The minimum atomic E-state index is -0.228. The number of carbonyl (C=O) groups excluding carboxylic acids is 2.